The summed E-state index contributed by atoms with van der Waals surface area (Å²) in [6.07, 6.45) is 1.74. The number of pyridine rings is 1. The first-order valence-corrected chi connectivity index (χ1v) is 9.43. The van der Waals surface area contributed by atoms with Crippen LogP contribution >= 0.6 is 11.3 Å². The molecule has 2 heterocycles. The zero-order valence-corrected chi connectivity index (χ0v) is 16.4. The summed E-state index contributed by atoms with van der Waals surface area (Å²) >= 11 is 1.60. The first-order valence-electron chi connectivity index (χ1n) is 8.55. The van der Waals surface area contributed by atoms with Gasteiger partial charge in [0.1, 0.15) is 18.2 Å². The lowest BCUT2D eigenvalue weighted by Gasteiger charge is -2.12. The number of nitrogens with zero attached hydrogens (tertiary/aromatic N) is 3. The molecule has 0 fully saturated rings. The highest BCUT2D eigenvalue weighted by Crippen LogP contribution is 2.16. The van der Waals surface area contributed by atoms with Crippen molar-refractivity contribution in [2.45, 2.75) is 20.1 Å². The molecule has 6 nitrogen and oxygen atoms in total. The van der Waals surface area contributed by atoms with E-state index in [0.29, 0.717) is 24.5 Å². The lowest BCUT2D eigenvalue weighted by Crippen LogP contribution is -2.23. The summed E-state index contributed by atoms with van der Waals surface area (Å²) in [7, 11) is 3.87. The molecule has 0 spiro atoms. The van der Waals surface area contributed by atoms with Crippen LogP contribution in [0.1, 0.15) is 26.6 Å². The summed E-state index contributed by atoms with van der Waals surface area (Å²) in [6, 6.07) is 11.0. The number of nitrogens with one attached hydrogen (secondary N) is 1. The molecule has 3 rings (SSSR count). The Labute approximate surface area is 162 Å². The molecule has 0 bridgehead atoms. The predicted molar refractivity (Wildman–Crippen MR) is 107 cm³/mol. The first kappa shape index (κ1) is 18.8. The molecule has 0 saturated carbocycles. The Kier molecular flexibility index (Phi) is 6.03. The summed E-state index contributed by atoms with van der Waals surface area (Å²) in [5.74, 6) is 1.44. The second-order valence-electron chi connectivity index (χ2n) is 6.27. The number of carbonyl (C=O) groups is 1. The van der Waals surface area contributed by atoms with Crippen LogP contribution in [0.3, 0.4) is 0 Å². The number of anilines is 1. The van der Waals surface area contributed by atoms with Gasteiger partial charge < -0.3 is 15.0 Å². The van der Waals surface area contributed by atoms with E-state index < -0.39 is 0 Å². The molecule has 3 aromatic rings. The molecule has 0 aliphatic carbocycles. The monoisotopic (exact) mass is 382 g/mol. The minimum atomic E-state index is -0.125. The number of benzene rings is 1. The Hall–Kier alpha value is -2.93. The van der Waals surface area contributed by atoms with Crippen LogP contribution in [-0.4, -0.2) is 30.0 Å². The number of aryl methyl sites for hydroxylation is 1. The fraction of sp³-hybridized carbons (Fsp3) is 0.250. The summed E-state index contributed by atoms with van der Waals surface area (Å²) in [5, 5.41) is 5.93. The van der Waals surface area contributed by atoms with Gasteiger partial charge in [0.25, 0.3) is 5.91 Å². The Morgan fingerprint density at radius 2 is 2.00 bits per heavy atom. The van der Waals surface area contributed by atoms with E-state index in [1.807, 2.05) is 43.4 Å². The zero-order chi connectivity index (χ0) is 19.2. The van der Waals surface area contributed by atoms with E-state index in [0.717, 1.165) is 22.1 Å². The highest BCUT2D eigenvalue weighted by Gasteiger charge is 2.07. The largest absolute Gasteiger partial charge is 0.487 e. The Morgan fingerprint density at radius 3 is 2.67 bits per heavy atom. The average molecular weight is 382 g/mol. The van der Waals surface area contributed by atoms with Crippen LogP contribution in [0.25, 0.3) is 0 Å². The SMILES string of the molecule is Cc1nc(COc2ccc(C(=O)NCc3ccnc(N(C)C)c3)cc2)cs1. The van der Waals surface area contributed by atoms with Crippen molar-refractivity contribution < 1.29 is 9.53 Å². The molecule has 0 atom stereocenters. The molecule has 140 valence electrons. The predicted octanol–water partition coefficient (Wildman–Crippen LogP) is 3.42. The van der Waals surface area contributed by atoms with Gasteiger partial charge in [0.15, 0.2) is 0 Å². The van der Waals surface area contributed by atoms with Crippen molar-refractivity contribution in [2.75, 3.05) is 19.0 Å². The molecule has 0 radical (unpaired) electrons. The van der Waals surface area contributed by atoms with Gasteiger partial charge in [-0.25, -0.2) is 9.97 Å². The maximum absolute atomic E-state index is 12.3. The standard InChI is InChI=1S/C20H22N4O2S/c1-14-23-17(13-27-14)12-26-18-6-4-16(5-7-18)20(25)22-11-15-8-9-21-19(10-15)24(2)3/h4-10,13H,11-12H2,1-3H3,(H,22,25). The third-order valence-corrected chi connectivity index (χ3v) is 4.71. The van der Waals surface area contributed by atoms with Crippen molar-refractivity contribution in [1.82, 2.24) is 15.3 Å². The summed E-state index contributed by atoms with van der Waals surface area (Å²) < 4.78 is 5.71. The Balaban J connectivity index is 1.53. The molecule has 0 saturated heterocycles. The number of hydrogen-bond donors (Lipinski definition) is 1. The number of rotatable bonds is 7. The van der Waals surface area contributed by atoms with Crippen molar-refractivity contribution in [2.24, 2.45) is 0 Å². The van der Waals surface area contributed by atoms with Gasteiger partial charge in [-0.3, -0.25) is 4.79 Å². The van der Waals surface area contributed by atoms with E-state index >= 15 is 0 Å². The molecule has 1 amide bonds. The summed E-state index contributed by atoms with van der Waals surface area (Å²) in [6.45, 7) is 2.84. The van der Waals surface area contributed by atoms with Gasteiger partial charge >= 0.3 is 0 Å². The van der Waals surface area contributed by atoms with Crippen molar-refractivity contribution in [3.05, 3.63) is 69.8 Å². The van der Waals surface area contributed by atoms with E-state index in [9.17, 15) is 4.79 Å². The van der Waals surface area contributed by atoms with Crippen LogP contribution in [0.15, 0.2) is 48.0 Å². The fourth-order valence-corrected chi connectivity index (χ4v) is 3.03. The van der Waals surface area contributed by atoms with Gasteiger partial charge in [-0.2, -0.15) is 0 Å². The number of amides is 1. The maximum atomic E-state index is 12.3. The molecular formula is C20H22N4O2S. The second kappa shape index (κ2) is 8.64. The minimum absolute atomic E-state index is 0.125. The van der Waals surface area contributed by atoms with E-state index in [4.69, 9.17) is 4.74 Å². The van der Waals surface area contributed by atoms with Crippen molar-refractivity contribution in [3.8, 4) is 5.75 Å². The smallest absolute Gasteiger partial charge is 0.251 e. The quantitative estimate of drug-likeness (QED) is 0.678. The number of aromatic nitrogens is 2. The van der Waals surface area contributed by atoms with Gasteiger partial charge in [-0.05, 0) is 48.9 Å². The van der Waals surface area contributed by atoms with Crippen LogP contribution in [0, 0.1) is 6.92 Å². The normalized spacial score (nSPS) is 10.5. The molecule has 0 aliphatic rings. The Morgan fingerprint density at radius 1 is 1.22 bits per heavy atom. The average Bonchev–Trinajstić information content (AvgIpc) is 3.10. The highest BCUT2D eigenvalue weighted by molar-refractivity contribution is 7.09. The topological polar surface area (TPSA) is 67.3 Å². The fourth-order valence-electron chi connectivity index (χ4n) is 2.43. The third-order valence-electron chi connectivity index (χ3n) is 3.89. The molecule has 1 aromatic carbocycles. The van der Waals surface area contributed by atoms with Crippen LogP contribution in [0.5, 0.6) is 5.75 Å². The number of ether oxygens (including phenoxy) is 1. The maximum Gasteiger partial charge on any atom is 0.251 e. The number of thiazole rings is 1. The third kappa shape index (κ3) is 5.27. The Bertz CT molecular complexity index is 906. The van der Waals surface area contributed by atoms with Gasteiger partial charge in [-0.15, -0.1) is 11.3 Å². The van der Waals surface area contributed by atoms with Crippen LogP contribution in [-0.2, 0) is 13.2 Å². The van der Waals surface area contributed by atoms with E-state index in [2.05, 4.69) is 15.3 Å². The van der Waals surface area contributed by atoms with Crippen molar-refractivity contribution in [3.63, 3.8) is 0 Å². The molecule has 1 N–H and O–H groups in total. The molecular weight excluding hydrogens is 360 g/mol. The first-order chi connectivity index (χ1) is 13.0. The molecule has 0 aliphatic heterocycles. The highest BCUT2D eigenvalue weighted by atomic mass is 32.1. The van der Waals surface area contributed by atoms with Gasteiger partial charge in [0, 0.05) is 37.8 Å². The molecule has 27 heavy (non-hydrogen) atoms. The van der Waals surface area contributed by atoms with Crippen LogP contribution in [0.4, 0.5) is 5.82 Å². The van der Waals surface area contributed by atoms with Crippen LogP contribution < -0.4 is 15.0 Å². The van der Waals surface area contributed by atoms with Gasteiger partial charge in [0.2, 0.25) is 0 Å². The molecule has 7 heteroatoms. The number of hydrogen-bond acceptors (Lipinski definition) is 6. The van der Waals surface area contributed by atoms with Crippen molar-refractivity contribution in [1.29, 1.82) is 0 Å². The molecule has 2 aromatic heterocycles. The van der Waals surface area contributed by atoms with E-state index in [1.54, 1.807) is 41.8 Å². The lowest BCUT2D eigenvalue weighted by molar-refractivity contribution is 0.0951. The van der Waals surface area contributed by atoms with E-state index in [-0.39, 0.29) is 5.91 Å². The summed E-state index contributed by atoms with van der Waals surface area (Å²) in [5.41, 5.74) is 2.50. The van der Waals surface area contributed by atoms with Gasteiger partial charge in [0.05, 0.1) is 10.7 Å². The second-order valence-corrected chi connectivity index (χ2v) is 7.33. The summed E-state index contributed by atoms with van der Waals surface area (Å²) in [4.78, 5) is 22.9. The van der Waals surface area contributed by atoms with Gasteiger partial charge in [-0.1, -0.05) is 0 Å². The number of carbonyl (C=O) groups excluding carboxylic acids is 1. The molecule has 0 unspecified atom stereocenters. The van der Waals surface area contributed by atoms with Crippen LogP contribution in [0.2, 0.25) is 0 Å². The van der Waals surface area contributed by atoms with Crippen molar-refractivity contribution >= 4 is 23.1 Å². The zero-order valence-electron chi connectivity index (χ0n) is 15.6. The lowest BCUT2D eigenvalue weighted by atomic mass is 10.2. The van der Waals surface area contributed by atoms with E-state index in [1.165, 1.54) is 0 Å². The minimum Gasteiger partial charge on any atom is -0.487 e.